The molecule has 0 spiro atoms. The minimum absolute atomic E-state index is 0.0278. The molecule has 6 rings (SSSR count). The van der Waals surface area contributed by atoms with Crippen molar-refractivity contribution < 1.29 is 27.1 Å². The third-order valence-corrected chi connectivity index (χ3v) is 6.61. The molecule has 190 valence electrons. The fourth-order valence-corrected chi connectivity index (χ4v) is 4.64. The molecule has 4 aromatic rings. The standard InChI is InChI=1S/C25H20F4N6O2/c1-37-19-4-2-3-17(26)16(19)10-31-24-30-9-15-14-7-8-20(25(27,28)29)33-18(14)11-34(13-5-6-13)23(36)21-22(15)35(24)12-32-21/h2-4,7-9,12-13H,5-6,10-11H2,1H3,(H,30,31). The second-order valence-corrected chi connectivity index (χ2v) is 8.93. The Morgan fingerprint density at radius 2 is 1.95 bits per heavy atom. The highest BCUT2D eigenvalue weighted by atomic mass is 19.4. The summed E-state index contributed by atoms with van der Waals surface area (Å²) in [4.78, 5) is 27.8. The van der Waals surface area contributed by atoms with Gasteiger partial charge in [0.05, 0.1) is 24.9 Å². The van der Waals surface area contributed by atoms with Crippen molar-refractivity contribution in [3.05, 3.63) is 71.3 Å². The number of pyridine rings is 1. The molecule has 0 unspecified atom stereocenters. The van der Waals surface area contributed by atoms with E-state index in [1.165, 1.54) is 42.7 Å². The number of aromatic nitrogens is 4. The molecule has 3 aromatic heterocycles. The van der Waals surface area contributed by atoms with Gasteiger partial charge >= 0.3 is 6.18 Å². The Labute approximate surface area is 207 Å². The molecule has 8 nitrogen and oxygen atoms in total. The van der Waals surface area contributed by atoms with E-state index in [-0.39, 0.29) is 47.9 Å². The van der Waals surface area contributed by atoms with E-state index >= 15 is 0 Å². The smallest absolute Gasteiger partial charge is 0.433 e. The second-order valence-electron chi connectivity index (χ2n) is 8.93. The number of hydrogen-bond acceptors (Lipinski definition) is 6. The van der Waals surface area contributed by atoms with E-state index in [1.54, 1.807) is 10.5 Å². The maximum Gasteiger partial charge on any atom is 0.433 e. The molecule has 1 aliphatic carbocycles. The molecule has 4 heterocycles. The lowest BCUT2D eigenvalue weighted by Crippen LogP contribution is -2.34. The fourth-order valence-electron chi connectivity index (χ4n) is 4.64. The SMILES string of the molecule is COc1cccc(F)c1CNc1ncc2c3c(ncn13)C(=O)N(C1CC1)Cc1nc(C(F)(F)F)ccc1-2. The van der Waals surface area contributed by atoms with Crippen LogP contribution in [-0.2, 0) is 19.3 Å². The van der Waals surface area contributed by atoms with Gasteiger partial charge in [-0.3, -0.25) is 9.20 Å². The van der Waals surface area contributed by atoms with Crippen LogP contribution in [0.2, 0.25) is 0 Å². The van der Waals surface area contributed by atoms with E-state index in [1.807, 2.05) is 0 Å². The van der Waals surface area contributed by atoms with Crippen LogP contribution in [0, 0.1) is 5.82 Å². The van der Waals surface area contributed by atoms with Crippen molar-refractivity contribution in [1.82, 2.24) is 24.3 Å². The number of benzene rings is 1. The van der Waals surface area contributed by atoms with Gasteiger partial charge < -0.3 is 15.0 Å². The van der Waals surface area contributed by atoms with Gasteiger partial charge in [0.25, 0.3) is 5.91 Å². The van der Waals surface area contributed by atoms with Crippen molar-refractivity contribution in [2.75, 3.05) is 12.4 Å². The van der Waals surface area contributed by atoms with Gasteiger partial charge in [-0.2, -0.15) is 13.2 Å². The first-order valence-electron chi connectivity index (χ1n) is 11.6. The van der Waals surface area contributed by atoms with Gasteiger partial charge in [-0.25, -0.2) is 19.3 Å². The average molecular weight is 512 g/mol. The number of ether oxygens (including phenoxy) is 1. The predicted octanol–water partition coefficient (Wildman–Crippen LogP) is 4.69. The maximum atomic E-state index is 14.4. The van der Waals surface area contributed by atoms with E-state index in [0.717, 1.165) is 18.9 Å². The lowest BCUT2D eigenvalue weighted by atomic mass is 10.0. The predicted molar refractivity (Wildman–Crippen MR) is 124 cm³/mol. The molecule has 12 heteroatoms. The zero-order valence-corrected chi connectivity index (χ0v) is 19.5. The summed E-state index contributed by atoms with van der Waals surface area (Å²) >= 11 is 0. The quantitative estimate of drug-likeness (QED) is 0.391. The Hall–Kier alpha value is -4.22. The van der Waals surface area contributed by atoms with Crippen LogP contribution in [0.3, 0.4) is 0 Å². The van der Waals surface area contributed by atoms with Gasteiger partial charge in [0.2, 0.25) is 5.95 Å². The van der Waals surface area contributed by atoms with Gasteiger partial charge in [0.15, 0.2) is 5.69 Å². The number of nitrogens with one attached hydrogen (secondary N) is 1. The van der Waals surface area contributed by atoms with Gasteiger partial charge in [-0.05, 0) is 31.0 Å². The molecule has 1 N–H and O–H groups in total. The number of carbonyl (C=O) groups excluding carboxylic acids is 1. The van der Waals surface area contributed by atoms with Crippen LogP contribution in [0.4, 0.5) is 23.5 Å². The van der Waals surface area contributed by atoms with E-state index in [9.17, 15) is 22.4 Å². The first-order chi connectivity index (χ1) is 17.8. The number of anilines is 1. The number of imidazole rings is 1. The molecule has 1 amide bonds. The summed E-state index contributed by atoms with van der Waals surface area (Å²) in [5, 5.41) is 3.06. The molecule has 0 bridgehead atoms. The van der Waals surface area contributed by atoms with Crippen molar-refractivity contribution in [3.8, 4) is 16.9 Å². The molecule has 0 atom stereocenters. The zero-order chi connectivity index (χ0) is 25.9. The summed E-state index contributed by atoms with van der Waals surface area (Å²) in [7, 11) is 1.44. The lowest BCUT2D eigenvalue weighted by Gasteiger charge is -2.26. The Bertz CT molecular complexity index is 1550. The third kappa shape index (κ3) is 3.92. The van der Waals surface area contributed by atoms with Gasteiger partial charge in [-0.15, -0.1) is 0 Å². The monoisotopic (exact) mass is 512 g/mol. The molecule has 1 fully saturated rings. The minimum Gasteiger partial charge on any atom is -0.496 e. The van der Waals surface area contributed by atoms with Crippen molar-refractivity contribution in [3.63, 3.8) is 0 Å². The van der Waals surface area contributed by atoms with E-state index in [2.05, 4.69) is 20.3 Å². The molecule has 2 aliphatic rings. The van der Waals surface area contributed by atoms with Crippen LogP contribution < -0.4 is 10.1 Å². The average Bonchev–Trinajstić information content (AvgIpc) is 3.61. The Morgan fingerprint density at radius 3 is 2.68 bits per heavy atom. The summed E-state index contributed by atoms with van der Waals surface area (Å²) in [5.74, 6) is -0.215. The van der Waals surface area contributed by atoms with E-state index in [4.69, 9.17) is 4.74 Å². The topological polar surface area (TPSA) is 84.7 Å². The highest BCUT2D eigenvalue weighted by Crippen LogP contribution is 2.39. The molecule has 0 radical (unpaired) electrons. The van der Waals surface area contributed by atoms with Crippen LogP contribution in [0.5, 0.6) is 5.75 Å². The summed E-state index contributed by atoms with van der Waals surface area (Å²) in [5.41, 5.74) is 0.828. The zero-order valence-electron chi connectivity index (χ0n) is 19.5. The summed E-state index contributed by atoms with van der Waals surface area (Å²) < 4.78 is 61.6. The summed E-state index contributed by atoms with van der Waals surface area (Å²) in [6, 6.07) is 6.69. The number of amides is 1. The molecule has 1 saturated carbocycles. The van der Waals surface area contributed by atoms with Gasteiger partial charge in [0.1, 0.15) is 23.6 Å². The molecule has 0 saturated heterocycles. The van der Waals surface area contributed by atoms with E-state index in [0.29, 0.717) is 22.4 Å². The van der Waals surface area contributed by atoms with Gasteiger partial charge in [-0.1, -0.05) is 12.1 Å². The first-order valence-corrected chi connectivity index (χ1v) is 11.6. The van der Waals surface area contributed by atoms with Crippen molar-refractivity contribution in [2.24, 2.45) is 0 Å². The van der Waals surface area contributed by atoms with Crippen LogP contribution >= 0.6 is 0 Å². The Morgan fingerprint density at radius 1 is 1.14 bits per heavy atom. The number of fused-ring (bicyclic) bond motifs is 2. The second kappa shape index (κ2) is 8.43. The van der Waals surface area contributed by atoms with Crippen molar-refractivity contribution >= 4 is 17.4 Å². The number of methoxy groups -OCH3 is 1. The van der Waals surface area contributed by atoms with Crippen LogP contribution in [-0.4, -0.2) is 43.3 Å². The van der Waals surface area contributed by atoms with Crippen molar-refractivity contribution in [1.29, 1.82) is 0 Å². The number of halogens is 4. The largest absolute Gasteiger partial charge is 0.496 e. The van der Waals surface area contributed by atoms with E-state index < -0.39 is 17.7 Å². The lowest BCUT2D eigenvalue weighted by molar-refractivity contribution is -0.141. The summed E-state index contributed by atoms with van der Waals surface area (Å²) in [6.07, 6.45) is -0.208. The molecule has 37 heavy (non-hydrogen) atoms. The maximum absolute atomic E-state index is 14.4. The Kier molecular flexibility index (Phi) is 5.28. The van der Waals surface area contributed by atoms with Crippen LogP contribution in [0.1, 0.15) is 40.3 Å². The highest BCUT2D eigenvalue weighted by Gasteiger charge is 2.39. The highest BCUT2D eigenvalue weighted by molar-refractivity contribution is 6.04. The van der Waals surface area contributed by atoms with Crippen molar-refractivity contribution in [2.45, 2.75) is 38.1 Å². The number of nitrogens with zero attached hydrogens (tertiary/aromatic N) is 5. The molecule has 1 aromatic carbocycles. The number of hydrogen-bond donors (Lipinski definition) is 1. The Balaban J connectivity index is 1.49. The van der Waals surface area contributed by atoms with Crippen LogP contribution in [0.25, 0.3) is 16.6 Å². The number of carbonyl (C=O) groups is 1. The normalized spacial score (nSPS) is 15.4. The number of alkyl halides is 3. The fraction of sp³-hybridized carbons (Fsp3) is 0.280. The molecular weight excluding hydrogens is 492 g/mol. The molecule has 1 aliphatic heterocycles. The van der Waals surface area contributed by atoms with Gasteiger partial charge in [0, 0.05) is 35.5 Å². The minimum atomic E-state index is -4.62. The molecular formula is C25H20F4N6O2. The summed E-state index contributed by atoms with van der Waals surface area (Å²) in [6.45, 7) is -0.0334. The first kappa shape index (κ1) is 23.2. The van der Waals surface area contributed by atoms with Crippen LogP contribution in [0.15, 0.2) is 42.9 Å². The number of rotatable bonds is 5. The third-order valence-electron chi connectivity index (χ3n) is 6.61.